The first-order valence-electron chi connectivity index (χ1n) is 12.7. The highest BCUT2D eigenvalue weighted by Gasteiger charge is 2.32. The van der Waals surface area contributed by atoms with Gasteiger partial charge in [0.05, 0.1) is 27.7 Å². The Morgan fingerprint density at radius 1 is 1.15 bits per heavy atom. The van der Waals surface area contributed by atoms with Crippen LogP contribution in [0.25, 0.3) is 0 Å². The third kappa shape index (κ3) is 7.62. The molecule has 1 amide bonds. The highest BCUT2D eigenvalue weighted by molar-refractivity contribution is 7.89. The Morgan fingerprint density at radius 2 is 1.88 bits per heavy atom. The normalized spacial score (nSPS) is 14.3. The van der Waals surface area contributed by atoms with Gasteiger partial charge in [-0.15, -0.1) is 11.3 Å². The molecule has 3 aromatic rings. The minimum Gasteiger partial charge on any atom is -0.487 e. The number of aliphatic hydroxyl groups is 1. The molecule has 216 valence electrons. The summed E-state index contributed by atoms with van der Waals surface area (Å²) in [6.45, 7) is 5.80. The Hall–Kier alpha value is -3.39. The lowest BCUT2D eigenvalue weighted by atomic mass is 10.0. The first-order chi connectivity index (χ1) is 19.0. The van der Waals surface area contributed by atoms with E-state index in [0.29, 0.717) is 23.9 Å². The lowest BCUT2D eigenvalue weighted by molar-refractivity contribution is 0.0980. The Bertz CT molecular complexity index is 1410. The number of amides is 1. The van der Waals surface area contributed by atoms with Crippen LogP contribution < -0.4 is 19.5 Å². The van der Waals surface area contributed by atoms with Crippen LogP contribution in [0.1, 0.15) is 30.1 Å². The molecule has 0 unspecified atom stereocenters. The summed E-state index contributed by atoms with van der Waals surface area (Å²) < 4.78 is 44.7. The number of fused-ring (bicyclic) bond motifs is 1. The average Bonchev–Trinajstić information content (AvgIpc) is 3.55. The van der Waals surface area contributed by atoms with Crippen molar-refractivity contribution in [1.82, 2.24) is 14.6 Å². The van der Waals surface area contributed by atoms with Gasteiger partial charge >= 0.3 is 6.09 Å². The van der Waals surface area contributed by atoms with Gasteiger partial charge in [0.2, 0.25) is 16.8 Å². The van der Waals surface area contributed by atoms with Crippen molar-refractivity contribution in [2.45, 2.75) is 50.8 Å². The number of benzene rings is 2. The number of aliphatic hydroxyl groups excluding tert-OH is 1. The number of carbonyl (C=O) groups is 1. The summed E-state index contributed by atoms with van der Waals surface area (Å²) in [5, 5.41) is 25.8. The quantitative estimate of drug-likeness (QED) is 0.271. The molecule has 0 aliphatic carbocycles. The zero-order valence-electron chi connectivity index (χ0n) is 22.4. The molecule has 2 atom stereocenters. The van der Waals surface area contributed by atoms with Crippen LogP contribution in [0.15, 0.2) is 52.7 Å². The summed E-state index contributed by atoms with van der Waals surface area (Å²) >= 11 is 1.55. The maximum Gasteiger partial charge on any atom is 0.404 e. The summed E-state index contributed by atoms with van der Waals surface area (Å²) in [6.07, 6.45) is -2.52. The number of thiazole rings is 1. The largest absolute Gasteiger partial charge is 0.487 e. The van der Waals surface area contributed by atoms with Crippen LogP contribution in [0.2, 0.25) is 0 Å². The summed E-state index contributed by atoms with van der Waals surface area (Å²) in [7, 11) is -4.04. The second-order valence-electron chi connectivity index (χ2n) is 9.85. The van der Waals surface area contributed by atoms with E-state index >= 15 is 0 Å². The fraction of sp³-hybridized carbons (Fsp3) is 0.407. The molecule has 3 N–H and O–H groups in total. The summed E-state index contributed by atoms with van der Waals surface area (Å²) in [6, 6.07) is 10.4. The molecule has 0 spiro atoms. The minimum atomic E-state index is -4.04. The van der Waals surface area contributed by atoms with Gasteiger partial charge in [-0.2, -0.15) is 4.31 Å². The Morgan fingerprint density at radius 3 is 2.52 bits per heavy atom. The van der Waals surface area contributed by atoms with E-state index in [1.807, 2.05) is 26.2 Å². The van der Waals surface area contributed by atoms with E-state index in [1.165, 1.54) is 22.5 Å². The molecule has 1 aromatic heterocycles. The second kappa shape index (κ2) is 12.9. The molecule has 13 heteroatoms. The zero-order valence-corrected chi connectivity index (χ0v) is 24.1. The van der Waals surface area contributed by atoms with E-state index in [1.54, 1.807) is 35.6 Å². The first-order valence-corrected chi connectivity index (χ1v) is 15.0. The molecule has 0 radical (unpaired) electrons. The van der Waals surface area contributed by atoms with Crippen molar-refractivity contribution in [2.24, 2.45) is 5.92 Å². The van der Waals surface area contributed by atoms with Gasteiger partial charge in [-0.1, -0.05) is 26.0 Å². The first kappa shape index (κ1) is 29.6. The number of ether oxygens (including phenoxy) is 3. The summed E-state index contributed by atoms with van der Waals surface area (Å²) in [5.74, 6) is 1.35. The molecule has 4 rings (SSSR count). The van der Waals surface area contributed by atoms with Gasteiger partial charge in [0.1, 0.15) is 12.4 Å². The number of hydrogen-bond donors (Lipinski definition) is 3. The number of sulfonamides is 1. The number of aromatic nitrogens is 1. The highest BCUT2D eigenvalue weighted by Crippen LogP contribution is 2.35. The molecule has 1 aliphatic heterocycles. The predicted octanol–water partition coefficient (Wildman–Crippen LogP) is 3.65. The average molecular weight is 592 g/mol. The van der Waals surface area contributed by atoms with Crippen LogP contribution in [0.3, 0.4) is 0 Å². The number of hydrogen-bond acceptors (Lipinski definition) is 9. The molecular formula is C27H33N3O8S2. The molecule has 40 heavy (non-hydrogen) atoms. The summed E-state index contributed by atoms with van der Waals surface area (Å²) in [4.78, 5) is 15.9. The Kier molecular flexibility index (Phi) is 9.51. The van der Waals surface area contributed by atoms with E-state index in [2.05, 4.69) is 10.3 Å². The minimum absolute atomic E-state index is 0.00394. The Labute approximate surface area is 237 Å². The molecule has 0 saturated heterocycles. The molecule has 1 aliphatic rings. The van der Waals surface area contributed by atoms with E-state index in [-0.39, 0.29) is 37.1 Å². The van der Waals surface area contributed by atoms with Crippen LogP contribution in [-0.4, -0.2) is 66.0 Å². The van der Waals surface area contributed by atoms with Gasteiger partial charge < -0.3 is 29.7 Å². The van der Waals surface area contributed by atoms with Crippen LogP contribution in [0.4, 0.5) is 4.79 Å². The van der Waals surface area contributed by atoms with Crippen molar-refractivity contribution >= 4 is 27.5 Å². The molecular weight excluding hydrogens is 558 g/mol. The van der Waals surface area contributed by atoms with Gasteiger partial charge in [-0.25, -0.2) is 18.2 Å². The van der Waals surface area contributed by atoms with E-state index in [0.717, 1.165) is 16.3 Å². The lowest BCUT2D eigenvalue weighted by Crippen LogP contribution is -2.50. The summed E-state index contributed by atoms with van der Waals surface area (Å²) in [5.41, 5.74) is 1.57. The molecule has 0 saturated carbocycles. The van der Waals surface area contributed by atoms with E-state index < -0.39 is 28.3 Å². The van der Waals surface area contributed by atoms with Gasteiger partial charge in [-0.3, -0.25) is 0 Å². The van der Waals surface area contributed by atoms with Crippen LogP contribution >= 0.6 is 11.3 Å². The topological polar surface area (TPSA) is 148 Å². The zero-order chi connectivity index (χ0) is 28.9. The van der Waals surface area contributed by atoms with Gasteiger partial charge in [0.25, 0.3) is 0 Å². The van der Waals surface area contributed by atoms with Crippen LogP contribution in [-0.2, 0) is 23.1 Å². The van der Waals surface area contributed by atoms with Gasteiger partial charge in [0, 0.05) is 24.5 Å². The van der Waals surface area contributed by atoms with Crippen molar-refractivity contribution in [2.75, 3.05) is 19.9 Å². The van der Waals surface area contributed by atoms with Gasteiger partial charge in [0.15, 0.2) is 11.5 Å². The van der Waals surface area contributed by atoms with Crippen LogP contribution in [0, 0.1) is 12.8 Å². The fourth-order valence-electron chi connectivity index (χ4n) is 4.25. The molecule has 0 fully saturated rings. The molecule has 0 bridgehead atoms. The maximum atomic E-state index is 13.6. The molecule has 2 heterocycles. The Balaban J connectivity index is 1.46. The standard InChI is InChI=1S/C27H33N3O8S2/c1-17(2)12-30(40(34,35)22-8-9-25-26(11-22)38-16-37-25)13-24(31)23(29-27(32)33)10-19-4-6-21(7-5-19)36-14-20-15-39-18(3)28-20/h4-9,11,15,17,23-24,29,31H,10,12-14,16H2,1-3H3,(H,32,33)/t23-,24+/m0/s1. The van der Waals surface area contributed by atoms with Crippen molar-refractivity contribution in [3.63, 3.8) is 0 Å². The molecule has 2 aromatic carbocycles. The van der Waals surface area contributed by atoms with E-state index in [9.17, 15) is 23.4 Å². The SMILES string of the molecule is Cc1nc(COc2ccc(C[C@H](NC(=O)O)[C@H](O)CN(CC(C)C)S(=O)(=O)c3ccc4c(c3)OCO4)cc2)cs1. The lowest BCUT2D eigenvalue weighted by Gasteiger charge is -2.30. The highest BCUT2D eigenvalue weighted by atomic mass is 32.2. The number of nitrogens with zero attached hydrogens (tertiary/aromatic N) is 2. The second-order valence-corrected chi connectivity index (χ2v) is 12.8. The predicted molar refractivity (Wildman–Crippen MR) is 148 cm³/mol. The van der Waals surface area contributed by atoms with Crippen molar-refractivity contribution < 1.29 is 37.6 Å². The van der Waals surface area contributed by atoms with Crippen LogP contribution in [0.5, 0.6) is 17.2 Å². The molecule has 11 nitrogen and oxygen atoms in total. The van der Waals surface area contributed by atoms with Crippen molar-refractivity contribution in [1.29, 1.82) is 0 Å². The van der Waals surface area contributed by atoms with Gasteiger partial charge in [-0.05, 0) is 49.1 Å². The fourth-order valence-corrected chi connectivity index (χ4v) is 6.48. The van der Waals surface area contributed by atoms with Crippen molar-refractivity contribution in [3.05, 3.63) is 64.1 Å². The smallest absolute Gasteiger partial charge is 0.404 e. The maximum absolute atomic E-state index is 13.6. The number of aryl methyl sites for hydroxylation is 1. The van der Waals surface area contributed by atoms with E-state index in [4.69, 9.17) is 14.2 Å². The number of rotatable bonds is 13. The monoisotopic (exact) mass is 591 g/mol. The van der Waals surface area contributed by atoms with Crippen molar-refractivity contribution in [3.8, 4) is 17.2 Å². The number of carboxylic acid groups (broad SMARTS) is 1. The third-order valence-corrected chi connectivity index (χ3v) is 8.80. The third-order valence-electron chi connectivity index (χ3n) is 6.15. The number of nitrogens with one attached hydrogen (secondary N) is 1.